The van der Waals surface area contributed by atoms with Crippen LogP contribution in [0.15, 0.2) is 259 Å². The molecule has 3 nitrogen and oxygen atoms in total. The molecule has 0 saturated heterocycles. The van der Waals surface area contributed by atoms with E-state index in [1.807, 2.05) is 12.1 Å². The van der Waals surface area contributed by atoms with Crippen LogP contribution in [0.2, 0.25) is 0 Å². The summed E-state index contributed by atoms with van der Waals surface area (Å²) in [5, 5.41) is 4.78. The van der Waals surface area contributed by atoms with Gasteiger partial charge in [-0.15, -0.1) is 0 Å². The summed E-state index contributed by atoms with van der Waals surface area (Å²) in [6.45, 7) is 0. The first-order valence-electron chi connectivity index (χ1n) is 24.2. The monoisotopic (exact) mass is 890 g/mol. The first-order valence-corrected chi connectivity index (χ1v) is 24.2. The van der Waals surface area contributed by atoms with Gasteiger partial charge < -0.3 is 13.9 Å². The van der Waals surface area contributed by atoms with Crippen LogP contribution < -0.4 is 4.90 Å². The van der Waals surface area contributed by atoms with Crippen LogP contribution >= 0.6 is 0 Å². The molecule has 0 fully saturated rings. The largest absolute Gasteiger partial charge is 0.456 e. The van der Waals surface area contributed by atoms with Crippen molar-refractivity contribution in [3.63, 3.8) is 0 Å². The number of benzene rings is 11. The lowest BCUT2D eigenvalue weighted by Gasteiger charge is -2.40. The van der Waals surface area contributed by atoms with Crippen LogP contribution in [0.25, 0.3) is 93.9 Å². The second-order valence-corrected chi connectivity index (χ2v) is 18.8. The minimum Gasteiger partial charge on any atom is -0.456 e. The van der Waals surface area contributed by atoms with E-state index in [1.54, 1.807) is 0 Å². The third-order valence-electron chi connectivity index (χ3n) is 15.2. The van der Waals surface area contributed by atoms with Gasteiger partial charge in [-0.05, 0) is 128 Å². The molecule has 3 heteroatoms. The lowest BCUT2D eigenvalue weighted by Crippen LogP contribution is -2.33. The number of hydrogen-bond donors (Lipinski definition) is 0. The van der Waals surface area contributed by atoms with Gasteiger partial charge in [-0.2, -0.15) is 0 Å². The number of aromatic nitrogens is 1. The predicted octanol–water partition coefficient (Wildman–Crippen LogP) is 17.8. The zero-order valence-electron chi connectivity index (χ0n) is 38.1. The maximum Gasteiger partial charge on any atom is 0.135 e. The molecule has 2 aliphatic rings. The Balaban J connectivity index is 0.993. The van der Waals surface area contributed by atoms with Gasteiger partial charge in [0.05, 0.1) is 27.8 Å². The summed E-state index contributed by atoms with van der Waals surface area (Å²) < 4.78 is 8.81. The Kier molecular flexibility index (Phi) is 8.28. The number of nitrogens with zero attached hydrogens (tertiary/aromatic N) is 2. The quantitative estimate of drug-likeness (QED) is 0.166. The lowest BCUT2D eigenvalue weighted by atomic mass is 9.65. The van der Waals surface area contributed by atoms with Crippen molar-refractivity contribution < 1.29 is 4.42 Å². The zero-order chi connectivity index (χ0) is 45.9. The predicted molar refractivity (Wildman–Crippen MR) is 290 cm³/mol. The van der Waals surface area contributed by atoms with E-state index in [0.29, 0.717) is 0 Å². The molecule has 1 unspecified atom stereocenters. The van der Waals surface area contributed by atoms with Crippen LogP contribution in [-0.2, 0) is 5.41 Å². The molecule has 0 radical (unpaired) electrons. The molecule has 0 bridgehead atoms. The van der Waals surface area contributed by atoms with E-state index < -0.39 is 5.41 Å². The second kappa shape index (κ2) is 14.9. The molecule has 0 saturated carbocycles. The Bertz CT molecular complexity index is 4270. The fraction of sp³-hybridized carbons (Fsp3) is 0.0149. The van der Waals surface area contributed by atoms with E-state index in [2.05, 4.69) is 252 Å². The van der Waals surface area contributed by atoms with Crippen molar-refractivity contribution in [3.05, 3.63) is 277 Å². The molecule has 1 aliphatic heterocycles. The smallest absolute Gasteiger partial charge is 0.135 e. The summed E-state index contributed by atoms with van der Waals surface area (Å²) in [6.07, 6.45) is 0. The summed E-state index contributed by atoms with van der Waals surface area (Å²) in [5.41, 5.74) is 22.8. The van der Waals surface area contributed by atoms with Crippen LogP contribution in [0.3, 0.4) is 0 Å². The fourth-order valence-corrected chi connectivity index (χ4v) is 12.3. The fourth-order valence-electron chi connectivity index (χ4n) is 12.3. The van der Waals surface area contributed by atoms with Crippen molar-refractivity contribution in [2.75, 3.05) is 4.90 Å². The molecule has 1 aliphatic carbocycles. The van der Waals surface area contributed by atoms with Crippen molar-refractivity contribution >= 4 is 60.8 Å². The maximum absolute atomic E-state index is 6.29. The minimum absolute atomic E-state index is 0.595. The Morgan fingerprint density at radius 3 is 1.86 bits per heavy atom. The third kappa shape index (κ3) is 5.46. The van der Waals surface area contributed by atoms with E-state index >= 15 is 0 Å². The molecule has 326 valence electrons. The Morgan fingerprint density at radius 1 is 0.329 bits per heavy atom. The van der Waals surface area contributed by atoms with Crippen LogP contribution in [0, 0.1) is 0 Å². The van der Waals surface area contributed by atoms with E-state index in [0.717, 1.165) is 61.3 Å². The van der Waals surface area contributed by atoms with Crippen LogP contribution in [0.1, 0.15) is 22.3 Å². The van der Waals surface area contributed by atoms with Gasteiger partial charge in [-0.25, -0.2) is 0 Å². The molecule has 0 N–H and O–H groups in total. The van der Waals surface area contributed by atoms with Crippen molar-refractivity contribution in [2.24, 2.45) is 0 Å². The lowest BCUT2D eigenvalue weighted by molar-refractivity contribution is 0.669. The number of hydrogen-bond acceptors (Lipinski definition) is 2. The molecule has 15 rings (SSSR count). The first kappa shape index (κ1) is 38.9. The molecule has 11 aromatic carbocycles. The van der Waals surface area contributed by atoms with Gasteiger partial charge in [-0.3, -0.25) is 0 Å². The highest BCUT2D eigenvalue weighted by Crippen LogP contribution is 2.62. The van der Waals surface area contributed by atoms with E-state index in [-0.39, 0.29) is 0 Å². The number of fused-ring (bicyclic) bond motifs is 15. The number of furan rings is 1. The average Bonchev–Trinajstić information content (AvgIpc) is 4.08. The average molecular weight is 891 g/mol. The first-order chi connectivity index (χ1) is 34.7. The van der Waals surface area contributed by atoms with Gasteiger partial charge in [0.15, 0.2) is 0 Å². The molecule has 13 aromatic rings. The molecule has 2 aromatic heterocycles. The number of para-hydroxylation sites is 5. The summed E-state index contributed by atoms with van der Waals surface area (Å²) in [6, 6.07) is 93.9. The third-order valence-corrected chi connectivity index (χ3v) is 15.2. The van der Waals surface area contributed by atoms with Gasteiger partial charge in [0.25, 0.3) is 0 Å². The molecule has 0 amide bonds. The van der Waals surface area contributed by atoms with Gasteiger partial charge >= 0.3 is 0 Å². The standard InChI is InChI=1S/C67H42N2O/c1-2-17-43(18-3-1)44-19-14-21-47(39-44)50-23-5-10-31-61(50)68(48-22-15-20-45(40-48)46-35-38-65-56(41-46)54-26-7-13-34-64(54)70-65)49-36-37-52-51-24-4-8-28-57(51)67(60(52)42-49)58-29-9-12-33-63(58)69-62-32-11-6-25-53(62)55-27-16-30-59(67)66(55)69/h1-42H. The summed E-state index contributed by atoms with van der Waals surface area (Å²) >= 11 is 0. The van der Waals surface area contributed by atoms with E-state index in [1.165, 1.54) is 72.0 Å². The van der Waals surface area contributed by atoms with Gasteiger partial charge in [-0.1, -0.05) is 188 Å². The highest BCUT2D eigenvalue weighted by Gasteiger charge is 2.51. The summed E-state index contributed by atoms with van der Waals surface area (Å²) in [4.78, 5) is 2.49. The molecular weight excluding hydrogens is 849 g/mol. The summed E-state index contributed by atoms with van der Waals surface area (Å²) in [7, 11) is 0. The number of anilines is 3. The Hall–Kier alpha value is -9.18. The van der Waals surface area contributed by atoms with E-state index in [9.17, 15) is 0 Å². The van der Waals surface area contributed by atoms with Crippen molar-refractivity contribution in [2.45, 2.75) is 5.41 Å². The Labute approximate surface area is 405 Å². The van der Waals surface area contributed by atoms with Gasteiger partial charge in [0.2, 0.25) is 0 Å². The van der Waals surface area contributed by atoms with Crippen molar-refractivity contribution in [1.82, 2.24) is 4.57 Å². The molecule has 3 heterocycles. The van der Waals surface area contributed by atoms with Crippen LogP contribution in [0.4, 0.5) is 17.1 Å². The SMILES string of the molecule is c1ccc(-c2cccc(-c3ccccc3N(c3cccc(-c4ccc5oc6ccccc6c5c4)c3)c3ccc4c(c3)C3(c5ccccc5-4)c4ccccc4-n4c5ccccc5c5cccc3c54)c2)cc1. The van der Waals surface area contributed by atoms with Crippen LogP contribution in [0.5, 0.6) is 0 Å². The highest BCUT2D eigenvalue weighted by molar-refractivity contribution is 6.13. The normalized spacial score (nSPS) is 14.3. The molecule has 1 spiro atoms. The van der Waals surface area contributed by atoms with Crippen molar-refractivity contribution in [1.29, 1.82) is 0 Å². The van der Waals surface area contributed by atoms with E-state index in [4.69, 9.17) is 4.42 Å². The highest BCUT2D eigenvalue weighted by atomic mass is 16.3. The van der Waals surface area contributed by atoms with Gasteiger partial charge in [0, 0.05) is 38.5 Å². The number of rotatable bonds is 6. The Morgan fingerprint density at radius 2 is 0.943 bits per heavy atom. The molecule has 1 atom stereocenters. The van der Waals surface area contributed by atoms with Crippen molar-refractivity contribution in [3.8, 4) is 50.2 Å². The zero-order valence-corrected chi connectivity index (χ0v) is 38.1. The van der Waals surface area contributed by atoms with Gasteiger partial charge in [0.1, 0.15) is 11.2 Å². The maximum atomic E-state index is 6.29. The topological polar surface area (TPSA) is 21.3 Å². The second-order valence-electron chi connectivity index (χ2n) is 18.8. The molecular formula is C67H42N2O. The molecule has 70 heavy (non-hydrogen) atoms. The summed E-state index contributed by atoms with van der Waals surface area (Å²) in [5.74, 6) is 0. The van der Waals surface area contributed by atoms with Crippen LogP contribution in [-0.4, -0.2) is 4.57 Å². The minimum atomic E-state index is -0.595.